The average Bonchev–Trinajstić information content (AvgIpc) is 3.11. The molecule has 2 aromatic carbocycles. The Hall–Kier alpha value is -4.01. The molecule has 9 heteroatoms. The predicted molar refractivity (Wildman–Crippen MR) is 120 cm³/mol. The van der Waals surface area contributed by atoms with E-state index in [4.69, 9.17) is 4.74 Å². The van der Waals surface area contributed by atoms with Gasteiger partial charge in [-0.25, -0.2) is 9.48 Å². The molecule has 9 nitrogen and oxygen atoms in total. The van der Waals surface area contributed by atoms with Crippen LogP contribution in [0.25, 0.3) is 0 Å². The molecule has 0 aliphatic heterocycles. The van der Waals surface area contributed by atoms with E-state index in [9.17, 15) is 14.4 Å². The quantitative estimate of drug-likeness (QED) is 0.551. The van der Waals surface area contributed by atoms with Crippen LogP contribution in [0.2, 0.25) is 0 Å². The molecule has 2 N–H and O–H groups in total. The summed E-state index contributed by atoms with van der Waals surface area (Å²) in [5.74, 6) is -1.35. The molecule has 166 valence electrons. The van der Waals surface area contributed by atoms with Crippen LogP contribution in [-0.4, -0.2) is 39.4 Å². The van der Waals surface area contributed by atoms with E-state index < -0.39 is 17.8 Å². The molecule has 0 radical (unpaired) electrons. The first kappa shape index (κ1) is 22.7. The summed E-state index contributed by atoms with van der Waals surface area (Å²) in [6.45, 7) is 7.24. The lowest BCUT2D eigenvalue weighted by Gasteiger charge is -2.11. The maximum atomic E-state index is 12.7. The minimum atomic E-state index is -0.522. The molecular weight excluding hydrogens is 410 g/mol. The smallest absolute Gasteiger partial charge is 0.340 e. The summed E-state index contributed by atoms with van der Waals surface area (Å²) in [5, 5.41) is 13.5. The monoisotopic (exact) mass is 435 g/mol. The van der Waals surface area contributed by atoms with Crippen molar-refractivity contribution >= 4 is 29.2 Å². The van der Waals surface area contributed by atoms with E-state index in [0.29, 0.717) is 11.4 Å². The Balaban J connectivity index is 1.72. The number of benzene rings is 2. The number of aromatic nitrogens is 3. The highest BCUT2D eigenvalue weighted by atomic mass is 16.5. The number of esters is 1. The second-order valence-electron chi connectivity index (χ2n) is 7.22. The molecule has 0 saturated heterocycles. The van der Waals surface area contributed by atoms with Gasteiger partial charge in [-0.05, 0) is 51.0 Å². The Morgan fingerprint density at radius 2 is 1.66 bits per heavy atom. The summed E-state index contributed by atoms with van der Waals surface area (Å²) >= 11 is 0. The van der Waals surface area contributed by atoms with Crippen LogP contribution in [0.1, 0.15) is 44.6 Å². The predicted octanol–water partition coefficient (Wildman–Crippen LogP) is 3.27. The Kier molecular flexibility index (Phi) is 6.99. The van der Waals surface area contributed by atoms with E-state index in [1.165, 1.54) is 4.68 Å². The molecule has 2 amide bonds. The number of nitrogens with one attached hydrogen (secondary N) is 2. The van der Waals surface area contributed by atoms with E-state index in [1.54, 1.807) is 38.1 Å². The minimum absolute atomic E-state index is 0.132. The molecule has 0 bridgehead atoms. The lowest BCUT2D eigenvalue weighted by atomic mass is 10.1. The molecule has 32 heavy (non-hydrogen) atoms. The van der Waals surface area contributed by atoms with Crippen molar-refractivity contribution in [3.8, 4) is 0 Å². The number of amides is 2. The standard InChI is InChI=1S/C23H25N5O4/c1-5-32-23(31)17-11-6-7-12-18(17)24-19(29)13-28-16(4)21(26-27-28)22(30)25-20-14(2)9-8-10-15(20)3/h6-12H,5,13H2,1-4H3,(H,24,29)(H,25,30). The van der Waals surface area contributed by atoms with Gasteiger partial charge in [-0.3, -0.25) is 9.59 Å². The number of carbonyl (C=O) groups excluding carboxylic acids is 3. The third-order valence-corrected chi connectivity index (χ3v) is 4.91. The van der Waals surface area contributed by atoms with Crippen LogP contribution in [0.5, 0.6) is 0 Å². The van der Waals surface area contributed by atoms with Gasteiger partial charge in [-0.2, -0.15) is 0 Å². The van der Waals surface area contributed by atoms with Crippen LogP contribution in [0.3, 0.4) is 0 Å². The highest BCUT2D eigenvalue weighted by Gasteiger charge is 2.20. The van der Waals surface area contributed by atoms with Crippen LogP contribution >= 0.6 is 0 Å². The lowest BCUT2D eigenvalue weighted by molar-refractivity contribution is -0.117. The van der Waals surface area contributed by atoms with Gasteiger partial charge in [0.05, 0.1) is 23.6 Å². The molecule has 3 aromatic rings. The fraction of sp³-hybridized carbons (Fsp3) is 0.261. The lowest BCUT2D eigenvalue weighted by Crippen LogP contribution is -2.22. The van der Waals surface area contributed by atoms with Crippen molar-refractivity contribution in [3.63, 3.8) is 0 Å². The summed E-state index contributed by atoms with van der Waals surface area (Å²) in [6, 6.07) is 12.3. The second-order valence-corrected chi connectivity index (χ2v) is 7.22. The van der Waals surface area contributed by atoms with E-state index in [2.05, 4.69) is 20.9 Å². The molecule has 0 atom stereocenters. The number of hydrogen-bond donors (Lipinski definition) is 2. The number of ether oxygens (including phenoxy) is 1. The molecule has 1 heterocycles. The molecule has 0 aliphatic rings. The molecule has 0 fully saturated rings. The van der Waals surface area contributed by atoms with Gasteiger partial charge in [0.2, 0.25) is 5.91 Å². The second kappa shape index (κ2) is 9.86. The summed E-state index contributed by atoms with van der Waals surface area (Å²) in [5.41, 5.74) is 3.76. The van der Waals surface area contributed by atoms with Gasteiger partial charge in [0.15, 0.2) is 5.69 Å². The number of carbonyl (C=O) groups is 3. The maximum Gasteiger partial charge on any atom is 0.340 e. The minimum Gasteiger partial charge on any atom is -0.462 e. The van der Waals surface area contributed by atoms with Crippen molar-refractivity contribution < 1.29 is 19.1 Å². The first-order valence-corrected chi connectivity index (χ1v) is 10.2. The maximum absolute atomic E-state index is 12.7. The number of hydrogen-bond acceptors (Lipinski definition) is 6. The Labute approximate surface area is 185 Å². The van der Waals surface area contributed by atoms with Crippen molar-refractivity contribution in [1.29, 1.82) is 0 Å². The Bertz CT molecular complexity index is 1150. The normalized spacial score (nSPS) is 10.5. The zero-order valence-electron chi connectivity index (χ0n) is 18.4. The largest absolute Gasteiger partial charge is 0.462 e. The number of rotatable bonds is 7. The van der Waals surface area contributed by atoms with Gasteiger partial charge in [0.25, 0.3) is 5.91 Å². The fourth-order valence-corrected chi connectivity index (χ4v) is 3.21. The summed E-state index contributed by atoms with van der Waals surface area (Å²) in [4.78, 5) is 37.4. The van der Waals surface area contributed by atoms with Crippen molar-refractivity contribution in [2.75, 3.05) is 17.2 Å². The SMILES string of the molecule is CCOC(=O)c1ccccc1NC(=O)Cn1nnc(C(=O)Nc2c(C)cccc2C)c1C. The molecule has 0 saturated carbocycles. The first-order chi connectivity index (χ1) is 15.3. The van der Waals surface area contributed by atoms with Crippen molar-refractivity contribution in [3.05, 3.63) is 70.5 Å². The van der Waals surface area contributed by atoms with E-state index in [-0.39, 0.29) is 24.4 Å². The molecular formula is C23H25N5O4. The van der Waals surface area contributed by atoms with E-state index in [0.717, 1.165) is 16.8 Å². The molecule has 0 spiro atoms. The Morgan fingerprint density at radius 1 is 0.969 bits per heavy atom. The third-order valence-electron chi connectivity index (χ3n) is 4.91. The van der Waals surface area contributed by atoms with E-state index >= 15 is 0 Å². The van der Waals surface area contributed by atoms with Crippen molar-refractivity contribution in [2.45, 2.75) is 34.2 Å². The number of nitrogens with zero attached hydrogens (tertiary/aromatic N) is 3. The molecule has 0 unspecified atom stereocenters. The van der Waals surface area contributed by atoms with Gasteiger partial charge in [-0.15, -0.1) is 5.10 Å². The van der Waals surface area contributed by atoms with Gasteiger partial charge in [0, 0.05) is 5.69 Å². The molecule has 1 aromatic heterocycles. The van der Waals surface area contributed by atoms with Gasteiger partial charge in [0.1, 0.15) is 6.54 Å². The summed E-state index contributed by atoms with van der Waals surface area (Å²) in [6.07, 6.45) is 0. The topological polar surface area (TPSA) is 115 Å². The van der Waals surface area contributed by atoms with Crippen LogP contribution in [0.15, 0.2) is 42.5 Å². The van der Waals surface area contributed by atoms with Gasteiger partial charge in [-0.1, -0.05) is 35.5 Å². The van der Waals surface area contributed by atoms with Crippen LogP contribution in [-0.2, 0) is 16.1 Å². The Morgan fingerprint density at radius 3 is 2.34 bits per heavy atom. The molecule has 3 rings (SSSR count). The highest BCUT2D eigenvalue weighted by molar-refractivity contribution is 6.04. The van der Waals surface area contributed by atoms with Crippen molar-refractivity contribution in [2.24, 2.45) is 0 Å². The number of para-hydroxylation sites is 2. The third kappa shape index (κ3) is 5.00. The fourth-order valence-electron chi connectivity index (χ4n) is 3.21. The number of anilines is 2. The van der Waals surface area contributed by atoms with Crippen molar-refractivity contribution in [1.82, 2.24) is 15.0 Å². The van der Waals surface area contributed by atoms with Gasteiger partial charge >= 0.3 is 5.97 Å². The first-order valence-electron chi connectivity index (χ1n) is 10.2. The number of aryl methyl sites for hydroxylation is 2. The zero-order valence-corrected chi connectivity index (χ0v) is 18.4. The zero-order chi connectivity index (χ0) is 23.3. The average molecular weight is 435 g/mol. The van der Waals surface area contributed by atoms with Gasteiger partial charge < -0.3 is 15.4 Å². The van der Waals surface area contributed by atoms with Crippen LogP contribution in [0, 0.1) is 20.8 Å². The summed E-state index contributed by atoms with van der Waals surface area (Å²) in [7, 11) is 0. The molecule has 0 aliphatic carbocycles. The highest BCUT2D eigenvalue weighted by Crippen LogP contribution is 2.21. The van der Waals surface area contributed by atoms with Crippen LogP contribution in [0.4, 0.5) is 11.4 Å². The van der Waals surface area contributed by atoms with E-state index in [1.807, 2.05) is 32.0 Å². The summed E-state index contributed by atoms with van der Waals surface area (Å²) < 4.78 is 6.36. The van der Waals surface area contributed by atoms with Crippen LogP contribution < -0.4 is 10.6 Å².